The quantitative estimate of drug-likeness (QED) is 0.815. The van der Waals surface area contributed by atoms with E-state index in [4.69, 9.17) is 4.42 Å². The summed E-state index contributed by atoms with van der Waals surface area (Å²) >= 11 is 0. The van der Waals surface area contributed by atoms with Gasteiger partial charge in [-0.15, -0.1) is 0 Å². The van der Waals surface area contributed by atoms with E-state index in [9.17, 15) is 4.79 Å². The summed E-state index contributed by atoms with van der Waals surface area (Å²) in [6, 6.07) is 7.93. The molecule has 0 unspecified atom stereocenters. The third-order valence-electron chi connectivity index (χ3n) is 2.88. The fraction of sp³-hybridized carbons (Fsp3) is 0.357. The highest BCUT2D eigenvalue weighted by molar-refractivity contribution is 5.81. The number of benzene rings is 1. The Hall–Kier alpha value is -1.81. The third kappa shape index (κ3) is 3.11. The van der Waals surface area contributed by atoms with Crippen molar-refractivity contribution in [2.24, 2.45) is 0 Å². The molecule has 1 aromatic carbocycles. The van der Waals surface area contributed by atoms with E-state index in [0.717, 1.165) is 23.0 Å². The van der Waals surface area contributed by atoms with Gasteiger partial charge in [0.15, 0.2) is 0 Å². The lowest BCUT2D eigenvalue weighted by molar-refractivity contribution is -0.120. The molecule has 0 aliphatic carbocycles. The number of para-hydroxylation sites is 1. The van der Waals surface area contributed by atoms with E-state index in [-0.39, 0.29) is 5.91 Å². The zero-order chi connectivity index (χ0) is 12.8. The first-order valence-corrected chi connectivity index (χ1v) is 6.17. The van der Waals surface area contributed by atoms with Gasteiger partial charge in [-0.25, -0.2) is 0 Å². The van der Waals surface area contributed by atoms with Crippen LogP contribution < -0.4 is 10.6 Å². The Bertz CT molecular complexity index is 519. The van der Waals surface area contributed by atoms with Crippen LogP contribution in [0, 0.1) is 0 Å². The highest BCUT2D eigenvalue weighted by Gasteiger charge is 2.05. The van der Waals surface area contributed by atoms with Gasteiger partial charge in [0.25, 0.3) is 0 Å². The first-order valence-electron chi connectivity index (χ1n) is 6.17. The molecule has 2 rings (SSSR count). The lowest BCUT2D eigenvalue weighted by Gasteiger charge is -2.03. The van der Waals surface area contributed by atoms with Gasteiger partial charge in [-0.1, -0.05) is 18.2 Å². The van der Waals surface area contributed by atoms with Crippen LogP contribution in [0.4, 0.5) is 0 Å². The first kappa shape index (κ1) is 12.6. The summed E-state index contributed by atoms with van der Waals surface area (Å²) < 4.78 is 5.45. The molecule has 0 saturated carbocycles. The number of fused-ring (bicyclic) bond motifs is 1. The van der Waals surface area contributed by atoms with Crippen molar-refractivity contribution < 1.29 is 9.21 Å². The molecule has 1 amide bonds. The molecule has 1 aromatic heterocycles. The molecule has 0 bridgehead atoms. The second-order valence-corrected chi connectivity index (χ2v) is 4.21. The van der Waals surface area contributed by atoms with Crippen molar-refractivity contribution in [3.8, 4) is 0 Å². The number of hydrogen-bond acceptors (Lipinski definition) is 3. The summed E-state index contributed by atoms with van der Waals surface area (Å²) in [5.41, 5.74) is 2.04. The van der Waals surface area contributed by atoms with Crippen molar-refractivity contribution >= 4 is 16.9 Å². The SMILES string of the molecule is CNCCC(=O)NCCc1coc2ccccc12. The normalized spacial score (nSPS) is 10.7. The van der Waals surface area contributed by atoms with E-state index in [1.807, 2.05) is 31.3 Å². The molecule has 96 valence electrons. The van der Waals surface area contributed by atoms with Crippen molar-refractivity contribution in [3.05, 3.63) is 36.1 Å². The Labute approximate surface area is 106 Å². The minimum atomic E-state index is 0.0807. The second-order valence-electron chi connectivity index (χ2n) is 4.21. The molecular weight excluding hydrogens is 228 g/mol. The van der Waals surface area contributed by atoms with Gasteiger partial charge >= 0.3 is 0 Å². The number of furan rings is 1. The van der Waals surface area contributed by atoms with Gasteiger partial charge in [-0.05, 0) is 25.1 Å². The third-order valence-corrected chi connectivity index (χ3v) is 2.88. The average molecular weight is 246 g/mol. The highest BCUT2D eigenvalue weighted by atomic mass is 16.3. The number of carbonyl (C=O) groups is 1. The van der Waals surface area contributed by atoms with Crippen LogP contribution in [0.25, 0.3) is 11.0 Å². The zero-order valence-corrected chi connectivity index (χ0v) is 10.5. The van der Waals surface area contributed by atoms with Gasteiger partial charge in [0.1, 0.15) is 5.58 Å². The molecule has 0 atom stereocenters. The minimum absolute atomic E-state index is 0.0807. The van der Waals surface area contributed by atoms with Gasteiger partial charge in [-0.3, -0.25) is 4.79 Å². The summed E-state index contributed by atoms with van der Waals surface area (Å²) in [6.07, 6.45) is 3.08. The van der Waals surface area contributed by atoms with E-state index in [2.05, 4.69) is 10.6 Å². The molecule has 0 spiro atoms. The summed E-state index contributed by atoms with van der Waals surface area (Å²) in [5.74, 6) is 0.0807. The first-order chi connectivity index (χ1) is 8.81. The van der Waals surface area contributed by atoms with Gasteiger partial charge in [-0.2, -0.15) is 0 Å². The van der Waals surface area contributed by atoms with Gasteiger partial charge in [0.2, 0.25) is 5.91 Å². The molecular formula is C14H18N2O2. The maximum atomic E-state index is 11.4. The summed E-state index contributed by atoms with van der Waals surface area (Å²) in [7, 11) is 1.84. The van der Waals surface area contributed by atoms with Crippen molar-refractivity contribution in [1.82, 2.24) is 10.6 Å². The van der Waals surface area contributed by atoms with Crippen LogP contribution in [0.3, 0.4) is 0 Å². The molecule has 0 aliphatic rings. The topological polar surface area (TPSA) is 54.3 Å². The van der Waals surface area contributed by atoms with Crippen molar-refractivity contribution in [2.45, 2.75) is 12.8 Å². The fourth-order valence-corrected chi connectivity index (χ4v) is 1.89. The molecule has 1 heterocycles. The van der Waals surface area contributed by atoms with Crippen LogP contribution in [0.2, 0.25) is 0 Å². The zero-order valence-electron chi connectivity index (χ0n) is 10.5. The predicted molar refractivity (Wildman–Crippen MR) is 71.5 cm³/mol. The molecule has 4 nitrogen and oxygen atoms in total. The second kappa shape index (κ2) is 6.21. The maximum Gasteiger partial charge on any atom is 0.221 e. The van der Waals surface area contributed by atoms with E-state index >= 15 is 0 Å². The minimum Gasteiger partial charge on any atom is -0.464 e. The summed E-state index contributed by atoms with van der Waals surface area (Å²) in [4.78, 5) is 11.4. The van der Waals surface area contributed by atoms with Crippen LogP contribution >= 0.6 is 0 Å². The molecule has 0 saturated heterocycles. The summed E-state index contributed by atoms with van der Waals surface area (Å²) in [6.45, 7) is 1.35. The van der Waals surface area contributed by atoms with Gasteiger partial charge in [0, 0.05) is 24.9 Å². The smallest absolute Gasteiger partial charge is 0.221 e. The predicted octanol–water partition coefficient (Wildman–Crippen LogP) is 1.70. The Balaban J connectivity index is 1.85. The number of rotatable bonds is 6. The van der Waals surface area contributed by atoms with Crippen molar-refractivity contribution in [3.63, 3.8) is 0 Å². The van der Waals surface area contributed by atoms with Crippen LogP contribution in [0.5, 0.6) is 0 Å². The summed E-state index contributed by atoms with van der Waals surface area (Å²) in [5, 5.41) is 6.98. The lowest BCUT2D eigenvalue weighted by atomic mass is 10.1. The van der Waals surface area contributed by atoms with Crippen molar-refractivity contribution in [2.75, 3.05) is 20.1 Å². The fourth-order valence-electron chi connectivity index (χ4n) is 1.89. The van der Waals surface area contributed by atoms with Crippen LogP contribution in [-0.4, -0.2) is 26.0 Å². The number of nitrogens with one attached hydrogen (secondary N) is 2. The van der Waals surface area contributed by atoms with Gasteiger partial charge in [0.05, 0.1) is 6.26 Å². The molecule has 0 aliphatic heterocycles. The van der Waals surface area contributed by atoms with E-state index in [1.54, 1.807) is 6.26 Å². The largest absolute Gasteiger partial charge is 0.464 e. The molecule has 0 radical (unpaired) electrons. The molecule has 0 fully saturated rings. The highest BCUT2D eigenvalue weighted by Crippen LogP contribution is 2.20. The number of amides is 1. The lowest BCUT2D eigenvalue weighted by Crippen LogP contribution is -2.28. The maximum absolute atomic E-state index is 11.4. The number of hydrogen-bond donors (Lipinski definition) is 2. The molecule has 2 N–H and O–H groups in total. The molecule has 18 heavy (non-hydrogen) atoms. The Kier molecular flexibility index (Phi) is 4.36. The van der Waals surface area contributed by atoms with E-state index in [1.165, 1.54) is 0 Å². The Morgan fingerprint density at radius 3 is 2.94 bits per heavy atom. The molecule has 2 aromatic rings. The number of carbonyl (C=O) groups excluding carboxylic acids is 1. The van der Waals surface area contributed by atoms with Crippen LogP contribution in [-0.2, 0) is 11.2 Å². The Morgan fingerprint density at radius 1 is 1.28 bits per heavy atom. The van der Waals surface area contributed by atoms with E-state index < -0.39 is 0 Å². The average Bonchev–Trinajstić information content (AvgIpc) is 2.80. The van der Waals surface area contributed by atoms with Crippen molar-refractivity contribution in [1.29, 1.82) is 0 Å². The van der Waals surface area contributed by atoms with Crippen LogP contribution in [0.1, 0.15) is 12.0 Å². The van der Waals surface area contributed by atoms with Crippen LogP contribution in [0.15, 0.2) is 34.9 Å². The molecule has 4 heteroatoms. The monoisotopic (exact) mass is 246 g/mol. The van der Waals surface area contributed by atoms with E-state index in [0.29, 0.717) is 19.5 Å². The van der Waals surface area contributed by atoms with Gasteiger partial charge < -0.3 is 15.1 Å². The standard InChI is InChI=1S/C14H18N2O2/c1-15-8-7-14(17)16-9-6-11-10-18-13-5-3-2-4-12(11)13/h2-5,10,15H,6-9H2,1H3,(H,16,17). The Morgan fingerprint density at radius 2 is 2.11 bits per heavy atom.